The summed E-state index contributed by atoms with van der Waals surface area (Å²) in [6, 6.07) is 10.2. The quantitative estimate of drug-likeness (QED) is 0.780. The first-order valence-electron chi connectivity index (χ1n) is 4.80. The van der Waals surface area contributed by atoms with E-state index in [-0.39, 0.29) is 5.69 Å². The van der Waals surface area contributed by atoms with E-state index in [1.54, 1.807) is 29.0 Å². The van der Waals surface area contributed by atoms with Gasteiger partial charge in [0.2, 0.25) is 0 Å². The van der Waals surface area contributed by atoms with Crippen LogP contribution in [0, 0.1) is 17.1 Å². The number of nitrogen functional groups attached to an aromatic ring is 1. The minimum Gasteiger partial charge on any atom is -0.396 e. The number of hydrogen-bond acceptors (Lipinski definition) is 2. The van der Waals surface area contributed by atoms with Gasteiger partial charge in [0.1, 0.15) is 17.6 Å². The van der Waals surface area contributed by atoms with Gasteiger partial charge in [-0.2, -0.15) is 5.26 Å². The molecule has 0 saturated heterocycles. The molecule has 1 aromatic carbocycles. The lowest BCUT2D eigenvalue weighted by atomic mass is 10.2. The van der Waals surface area contributed by atoms with Crippen molar-refractivity contribution in [3.8, 4) is 6.07 Å². The molecule has 2 N–H and O–H groups in total. The summed E-state index contributed by atoms with van der Waals surface area (Å²) in [4.78, 5) is 0. The normalized spacial score (nSPS) is 10.0. The number of benzene rings is 1. The van der Waals surface area contributed by atoms with Crippen LogP contribution in [0.25, 0.3) is 0 Å². The maximum Gasteiger partial charge on any atom is 0.146 e. The fourth-order valence-electron chi connectivity index (χ4n) is 1.52. The Hall–Kier alpha value is -2.28. The Balaban J connectivity index is 2.28. The van der Waals surface area contributed by atoms with E-state index in [0.717, 1.165) is 5.56 Å². The highest BCUT2D eigenvalue weighted by Gasteiger charge is 2.03. The van der Waals surface area contributed by atoms with Gasteiger partial charge in [0.25, 0.3) is 0 Å². The fourth-order valence-corrected chi connectivity index (χ4v) is 1.52. The Labute approximate surface area is 92.5 Å². The predicted octanol–water partition coefficient (Wildman–Crippen LogP) is 2.13. The van der Waals surface area contributed by atoms with E-state index >= 15 is 0 Å². The smallest absolute Gasteiger partial charge is 0.146 e. The molecule has 0 aliphatic heterocycles. The van der Waals surface area contributed by atoms with Gasteiger partial charge < -0.3 is 10.3 Å². The van der Waals surface area contributed by atoms with E-state index in [2.05, 4.69) is 6.07 Å². The van der Waals surface area contributed by atoms with E-state index in [9.17, 15) is 4.39 Å². The average molecular weight is 215 g/mol. The Morgan fingerprint density at radius 2 is 2.19 bits per heavy atom. The van der Waals surface area contributed by atoms with Crippen LogP contribution in [0.2, 0.25) is 0 Å². The Morgan fingerprint density at radius 3 is 2.88 bits per heavy atom. The average Bonchev–Trinajstić information content (AvgIpc) is 2.71. The molecule has 0 bridgehead atoms. The van der Waals surface area contributed by atoms with Gasteiger partial charge in [0.15, 0.2) is 0 Å². The van der Waals surface area contributed by atoms with Crippen LogP contribution in [0.5, 0.6) is 0 Å². The Bertz CT molecular complexity index is 552. The van der Waals surface area contributed by atoms with Gasteiger partial charge >= 0.3 is 0 Å². The largest absolute Gasteiger partial charge is 0.396 e. The van der Waals surface area contributed by atoms with Crippen LogP contribution < -0.4 is 5.73 Å². The summed E-state index contributed by atoms with van der Waals surface area (Å²) in [6.45, 7) is 0.465. The summed E-state index contributed by atoms with van der Waals surface area (Å²) < 4.78 is 14.9. The molecule has 2 rings (SSSR count). The van der Waals surface area contributed by atoms with Crippen LogP contribution in [-0.4, -0.2) is 4.57 Å². The summed E-state index contributed by atoms with van der Waals surface area (Å²) in [6.07, 6.45) is 1.78. The van der Waals surface area contributed by atoms with Gasteiger partial charge in [0.05, 0.1) is 5.69 Å². The number of anilines is 1. The van der Waals surface area contributed by atoms with Crippen molar-refractivity contribution in [3.63, 3.8) is 0 Å². The maximum absolute atomic E-state index is 13.2. The molecule has 0 fully saturated rings. The molecule has 0 saturated carbocycles. The third-order valence-electron chi connectivity index (χ3n) is 2.36. The lowest BCUT2D eigenvalue weighted by Crippen LogP contribution is -2.01. The van der Waals surface area contributed by atoms with Crippen molar-refractivity contribution < 1.29 is 4.39 Å². The van der Waals surface area contributed by atoms with Gasteiger partial charge in [-0.25, -0.2) is 4.39 Å². The maximum atomic E-state index is 13.2. The molecule has 0 aliphatic carbocycles. The zero-order valence-electron chi connectivity index (χ0n) is 8.52. The molecular formula is C12H10FN3. The van der Waals surface area contributed by atoms with E-state index in [0.29, 0.717) is 12.2 Å². The van der Waals surface area contributed by atoms with Gasteiger partial charge in [-0.15, -0.1) is 0 Å². The standard InChI is InChI=1S/C12H10FN3/c13-11-6-9(3-4-12(11)15)8-16-5-1-2-10(16)7-14/h1-6H,8,15H2. The summed E-state index contributed by atoms with van der Waals surface area (Å²) in [7, 11) is 0. The zero-order valence-corrected chi connectivity index (χ0v) is 8.52. The molecule has 1 heterocycles. The van der Waals surface area contributed by atoms with Gasteiger partial charge in [-0.05, 0) is 29.8 Å². The van der Waals surface area contributed by atoms with Crippen molar-refractivity contribution >= 4 is 5.69 Å². The summed E-state index contributed by atoms with van der Waals surface area (Å²) in [5, 5.41) is 8.82. The monoisotopic (exact) mass is 215 g/mol. The molecule has 0 spiro atoms. The van der Waals surface area contributed by atoms with Crippen LogP contribution in [-0.2, 0) is 6.54 Å². The van der Waals surface area contributed by atoms with Crippen LogP contribution >= 0.6 is 0 Å². The lowest BCUT2D eigenvalue weighted by molar-refractivity contribution is 0.628. The number of hydrogen-bond donors (Lipinski definition) is 1. The second-order valence-corrected chi connectivity index (χ2v) is 3.49. The Morgan fingerprint density at radius 1 is 1.38 bits per heavy atom. The first-order chi connectivity index (χ1) is 7.70. The van der Waals surface area contributed by atoms with Gasteiger partial charge in [0, 0.05) is 12.7 Å². The molecule has 16 heavy (non-hydrogen) atoms. The summed E-state index contributed by atoms with van der Waals surface area (Å²) >= 11 is 0. The number of nitrogens with two attached hydrogens (primary N) is 1. The molecule has 4 heteroatoms. The van der Waals surface area contributed by atoms with Crippen molar-refractivity contribution in [3.05, 3.63) is 53.6 Å². The summed E-state index contributed by atoms with van der Waals surface area (Å²) in [5.74, 6) is -0.428. The topological polar surface area (TPSA) is 54.7 Å². The van der Waals surface area contributed by atoms with Crippen LogP contribution in [0.4, 0.5) is 10.1 Å². The van der Waals surface area contributed by atoms with Gasteiger partial charge in [-0.3, -0.25) is 0 Å². The number of halogens is 1. The molecule has 0 unspecified atom stereocenters. The number of nitriles is 1. The fraction of sp³-hybridized carbons (Fsp3) is 0.0833. The third kappa shape index (κ3) is 1.89. The second kappa shape index (κ2) is 4.07. The third-order valence-corrected chi connectivity index (χ3v) is 2.36. The summed E-state index contributed by atoms with van der Waals surface area (Å²) in [5.41, 5.74) is 6.85. The SMILES string of the molecule is N#Cc1cccn1Cc1ccc(N)c(F)c1. The van der Waals surface area contributed by atoms with Crippen molar-refractivity contribution in [2.24, 2.45) is 0 Å². The molecular weight excluding hydrogens is 205 g/mol. The molecule has 3 nitrogen and oxygen atoms in total. The highest BCUT2D eigenvalue weighted by molar-refractivity contribution is 5.41. The molecule has 80 valence electrons. The first kappa shape index (κ1) is 10.2. The number of rotatable bonds is 2. The molecule has 0 amide bonds. The number of nitrogens with zero attached hydrogens (tertiary/aromatic N) is 2. The minimum absolute atomic E-state index is 0.136. The highest BCUT2D eigenvalue weighted by Crippen LogP contribution is 2.14. The number of aromatic nitrogens is 1. The minimum atomic E-state index is -0.428. The van der Waals surface area contributed by atoms with E-state index in [1.165, 1.54) is 12.1 Å². The highest BCUT2D eigenvalue weighted by atomic mass is 19.1. The molecule has 0 atom stereocenters. The Kier molecular flexibility index (Phi) is 2.61. The van der Waals surface area contributed by atoms with Crippen molar-refractivity contribution in [1.82, 2.24) is 4.57 Å². The van der Waals surface area contributed by atoms with Gasteiger partial charge in [-0.1, -0.05) is 6.07 Å². The predicted molar refractivity (Wildman–Crippen MR) is 59.1 cm³/mol. The zero-order chi connectivity index (χ0) is 11.5. The van der Waals surface area contributed by atoms with E-state index in [4.69, 9.17) is 11.0 Å². The van der Waals surface area contributed by atoms with Crippen LogP contribution in [0.15, 0.2) is 36.5 Å². The first-order valence-corrected chi connectivity index (χ1v) is 4.80. The molecule has 0 radical (unpaired) electrons. The van der Waals surface area contributed by atoms with Crippen molar-refractivity contribution in [1.29, 1.82) is 5.26 Å². The van der Waals surface area contributed by atoms with E-state index < -0.39 is 5.82 Å². The van der Waals surface area contributed by atoms with Crippen molar-refractivity contribution in [2.45, 2.75) is 6.54 Å². The van der Waals surface area contributed by atoms with Crippen LogP contribution in [0.1, 0.15) is 11.3 Å². The molecule has 2 aromatic rings. The van der Waals surface area contributed by atoms with Crippen LogP contribution in [0.3, 0.4) is 0 Å². The second-order valence-electron chi connectivity index (χ2n) is 3.49. The van der Waals surface area contributed by atoms with Crippen molar-refractivity contribution in [2.75, 3.05) is 5.73 Å². The lowest BCUT2D eigenvalue weighted by Gasteiger charge is -2.06. The molecule has 0 aliphatic rings. The van der Waals surface area contributed by atoms with E-state index in [1.807, 2.05) is 0 Å². The molecule has 1 aromatic heterocycles.